The van der Waals surface area contributed by atoms with Gasteiger partial charge < -0.3 is 9.64 Å². The Morgan fingerprint density at radius 3 is 2.94 bits per heavy atom. The van der Waals surface area contributed by atoms with Crippen molar-refractivity contribution in [1.82, 2.24) is 4.90 Å². The Morgan fingerprint density at radius 2 is 2.06 bits per heavy atom. The fraction of sp³-hybridized carbons (Fsp3) is 0.600. The van der Waals surface area contributed by atoms with Gasteiger partial charge in [-0.3, -0.25) is 0 Å². The zero-order valence-corrected chi connectivity index (χ0v) is 11.6. The molecule has 1 aromatic rings. The van der Waals surface area contributed by atoms with E-state index in [-0.39, 0.29) is 0 Å². The summed E-state index contributed by atoms with van der Waals surface area (Å²) in [5, 5.41) is 0. The van der Waals surface area contributed by atoms with E-state index in [0.717, 1.165) is 18.3 Å². The maximum Gasteiger partial charge on any atom is 0.122 e. The van der Waals surface area contributed by atoms with Crippen molar-refractivity contribution in [3.63, 3.8) is 0 Å². The molecular weight excluding hydrogens is 242 g/mol. The topological polar surface area (TPSA) is 12.5 Å². The zero-order chi connectivity index (χ0) is 12.2. The first kappa shape index (κ1) is 12.4. The minimum atomic E-state index is 0.761. The second-order valence-electron chi connectivity index (χ2n) is 5.23. The number of hydrogen-bond acceptors (Lipinski definition) is 3. The van der Waals surface area contributed by atoms with Gasteiger partial charge in [-0.1, -0.05) is 18.2 Å². The van der Waals surface area contributed by atoms with E-state index < -0.39 is 0 Å². The van der Waals surface area contributed by atoms with E-state index in [9.17, 15) is 0 Å². The lowest BCUT2D eigenvalue weighted by Gasteiger charge is -2.29. The number of thioether (sulfide) groups is 1. The predicted octanol–water partition coefficient (Wildman–Crippen LogP) is 2.68. The molecule has 98 valence electrons. The van der Waals surface area contributed by atoms with E-state index in [1.165, 1.54) is 49.5 Å². The number of benzene rings is 1. The summed E-state index contributed by atoms with van der Waals surface area (Å²) in [6, 6.07) is 8.53. The number of rotatable bonds is 2. The molecule has 0 spiro atoms. The average molecular weight is 263 g/mol. The lowest BCUT2D eigenvalue weighted by molar-refractivity contribution is 0.224. The molecule has 1 aromatic carbocycles. The van der Waals surface area contributed by atoms with Crippen LogP contribution >= 0.6 is 11.8 Å². The number of ether oxygens (including phenoxy) is 1. The molecule has 2 aliphatic heterocycles. The van der Waals surface area contributed by atoms with Gasteiger partial charge in [-0.15, -0.1) is 0 Å². The first-order valence-electron chi connectivity index (χ1n) is 6.92. The Hall–Kier alpha value is -0.670. The lowest BCUT2D eigenvalue weighted by Crippen LogP contribution is -2.37. The fourth-order valence-electron chi connectivity index (χ4n) is 2.87. The molecule has 3 rings (SSSR count). The molecule has 1 atom stereocenters. The van der Waals surface area contributed by atoms with Crippen LogP contribution in [0.3, 0.4) is 0 Å². The van der Waals surface area contributed by atoms with E-state index in [0.29, 0.717) is 0 Å². The minimum Gasteiger partial charge on any atom is -0.493 e. The number of hydrogen-bond donors (Lipinski definition) is 0. The summed E-state index contributed by atoms with van der Waals surface area (Å²) in [7, 11) is 0. The van der Waals surface area contributed by atoms with Gasteiger partial charge in [0.1, 0.15) is 5.75 Å². The van der Waals surface area contributed by atoms with Gasteiger partial charge >= 0.3 is 0 Å². The smallest absolute Gasteiger partial charge is 0.122 e. The van der Waals surface area contributed by atoms with Gasteiger partial charge in [-0.25, -0.2) is 0 Å². The minimum absolute atomic E-state index is 0.761. The Bertz CT molecular complexity index is 390. The molecule has 1 fully saturated rings. The molecule has 2 heterocycles. The Balaban J connectivity index is 1.63. The maximum absolute atomic E-state index is 5.85. The zero-order valence-electron chi connectivity index (χ0n) is 10.8. The Morgan fingerprint density at radius 1 is 1.22 bits per heavy atom. The number of nitrogens with zero attached hydrogens (tertiary/aromatic N) is 1. The average Bonchev–Trinajstić information content (AvgIpc) is 2.61. The summed E-state index contributed by atoms with van der Waals surface area (Å²) in [6.45, 7) is 4.66. The van der Waals surface area contributed by atoms with Crippen LogP contribution < -0.4 is 4.74 Å². The molecule has 0 unspecified atom stereocenters. The fourth-order valence-corrected chi connectivity index (χ4v) is 3.85. The van der Waals surface area contributed by atoms with Crippen LogP contribution in [0.4, 0.5) is 0 Å². The van der Waals surface area contributed by atoms with Gasteiger partial charge in [0.15, 0.2) is 0 Å². The van der Waals surface area contributed by atoms with Gasteiger partial charge in [-0.2, -0.15) is 11.8 Å². The van der Waals surface area contributed by atoms with Crippen molar-refractivity contribution in [2.75, 3.05) is 37.7 Å². The third-order valence-electron chi connectivity index (χ3n) is 3.88. The second-order valence-corrected chi connectivity index (χ2v) is 6.45. The highest BCUT2D eigenvalue weighted by Gasteiger charge is 2.20. The molecule has 2 aliphatic rings. The van der Waals surface area contributed by atoms with E-state index in [4.69, 9.17) is 4.74 Å². The molecule has 0 aliphatic carbocycles. The molecule has 0 amide bonds. The molecule has 1 saturated heterocycles. The molecular formula is C15H21NOS. The van der Waals surface area contributed by atoms with Crippen molar-refractivity contribution in [2.24, 2.45) is 5.92 Å². The monoisotopic (exact) mass is 263 g/mol. The predicted molar refractivity (Wildman–Crippen MR) is 77.5 cm³/mol. The maximum atomic E-state index is 5.85. The molecule has 0 radical (unpaired) electrons. The van der Waals surface area contributed by atoms with Crippen molar-refractivity contribution < 1.29 is 4.74 Å². The Kier molecular flexibility index (Phi) is 4.11. The lowest BCUT2D eigenvalue weighted by atomic mass is 9.96. The summed E-state index contributed by atoms with van der Waals surface area (Å²) in [5.41, 5.74) is 1.39. The van der Waals surface area contributed by atoms with Gasteiger partial charge in [-0.05, 0) is 30.4 Å². The second kappa shape index (κ2) is 5.98. The van der Waals surface area contributed by atoms with Crippen LogP contribution in [0.25, 0.3) is 0 Å². The van der Waals surface area contributed by atoms with Crippen LogP contribution in [0.15, 0.2) is 24.3 Å². The van der Waals surface area contributed by atoms with E-state index in [2.05, 4.69) is 40.9 Å². The highest BCUT2D eigenvalue weighted by atomic mass is 32.2. The SMILES string of the molecule is c1ccc2c(c1)C[C@@H](CN1CCSCC1)CCO2. The van der Waals surface area contributed by atoms with Crippen LogP contribution in [0, 0.1) is 5.92 Å². The van der Waals surface area contributed by atoms with E-state index in [1.807, 2.05) is 0 Å². The highest BCUT2D eigenvalue weighted by molar-refractivity contribution is 7.99. The third kappa shape index (κ3) is 3.01. The molecule has 0 saturated carbocycles. The summed E-state index contributed by atoms with van der Waals surface area (Å²) in [4.78, 5) is 2.63. The van der Waals surface area contributed by atoms with Crippen LogP contribution in [0.2, 0.25) is 0 Å². The van der Waals surface area contributed by atoms with E-state index >= 15 is 0 Å². The third-order valence-corrected chi connectivity index (χ3v) is 4.83. The summed E-state index contributed by atoms with van der Waals surface area (Å²) in [6.07, 6.45) is 2.37. The summed E-state index contributed by atoms with van der Waals surface area (Å²) < 4.78 is 5.85. The first-order chi connectivity index (χ1) is 8.92. The quantitative estimate of drug-likeness (QED) is 0.814. The molecule has 2 nitrogen and oxygen atoms in total. The van der Waals surface area contributed by atoms with Gasteiger partial charge in [0.25, 0.3) is 0 Å². The van der Waals surface area contributed by atoms with Crippen LogP contribution in [0.1, 0.15) is 12.0 Å². The largest absolute Gasteiger partial charge is 0.493 e. The summed E-state index contributed by atoms with van der Waals surface area (Å²) in [5.74, 6) is 4.48. The van der Waals surface area contributed by atoms with Gasteiger partial charge in [0.2, 0.25) is 0 Å². The molecule has 0 N–H and O–H groups in total. The Labute approximate surface area is 114 Å². The number of para-hydroxylation sites is 1. The van der Waals surface area contributed by atoms with Crippen molar-refractivity contribution in [1.29, 1.82) is 0 Å². The van der Waals surface area contributed by atoms with Crippen molar-refractivity contribution in [3.8, 4) is 5.75 Å². The number of fused-ring (bicyclic) bond motifs is 1. The molecule has 3 heteroatoms. The van der Waals surface area contributed by atoms with Crippen LogP contribution in [-0.4, -0.2) is 42.6 Å². The van der Waals surface area contributed by atoms with Gasteiger partial charge in [0.05, 0.1) is 6.61 Å². The van der Waals surface area contributed by atoms with Crippen molar-refractivity contribution in [2.45, 2.75) is 12.8 Å². The summed E-state index contributed by atoms with van der Waals surface area (Å²) >= 11 is 2.09. The van der Waals surface area contributed by atoms with Crippen LogP contribution in [-0.2, 0) is 6.42 Å². The van der Waals surface area contributed by atoms with Gasteiger partial charge in [0, 0.05) is 31.1 Å². The standard InChI is InChI=1S/C15H21NOS/c1-2-4-15-14(3-1)11-13(5-8-17-15)12-16-6-9-18-10-7-16/h1-4,13H,5-12H2/t13-/m0/s1. The highest BCUT2D eigenvalue weighted by Crippen LogP contribution is 2.27. The normalized spacial score (nSPS) is 25.0. The molecule has 0 aromatic heterocycles. The van der Waals surface area contributed by atoms with Crippen molar-refractivity contribution >= 4 is 11.8 Å². The van der Waals surface area contributed by atoms with Crippen molar-refractivity contribution in [3.05, 3.63) is 29.8 Å². The molecule has 18 heavy (non-hydrogen) atoms. The first-order valence-corrected chi connectivity index (χ1v) is 8.08. The van der Waals surface area contributed by atoms with E-state index in [1.54, 1.807) is 0 Å². The molecule has 0 bridgehead atoms. The van der Waals surface area contributed by atoms with Crippen LogP contribution in [0.5, 0.6) is 5.75 Å².